The monoisotopic (exact) mass is 411 g/mol. The molecule has 0 saturated heterocycles. The molecule has 0 unspecified atom stereocenters. The van der Waals surface area contributed by atoms with Crippen molar-refractivity contribution in [3.8, 4) is 0 Å². The van der Waals surface area contributed by atoms with E-state index in [1.54, 1.807) is 6.07 Å². The highest BCUT2D eigenvalue weighted by atomic mass is 32.1. The summed E-state index contributed by atoms with van der Waals surface area (Å²) in [4.78, 5) is 42.8. The lowest BCUT2D eigenvalue weighted by atomic mass is 10.0. The quantitative estimate of drug-likeness (QED) is 0.646. The molecule has 29 heavy (non-hydrogen) atoms. The highest BCUT2D eigenvalue weighted by Gasteiger charge is 2.26. The molecular formula is C21H21N3O4S. The average Bonchev–Trinajstić information content (AvgIpc) is 3.34. The van der Waals surface area contributed by atoms with E-state index in [1.807, 2.05) is 29.2 Å². The number of hydrogen-bond acceptors (Lipinski definition) is 5. The number of ether oxygens (including phenoxy) is 1. The van der Waals surface area contributed by atoms with Crippen molar-refractivity contribution in [2.45, 2.75) is 26.4 Å². The molecule has 4 rings (SSSR count). The van der Waals surface area contributed by atoms with Crippen LogP contribution < -0.4 is 5.32 Å². The van der Waals surface area contributed by atoms with Gasteiger partial charge < -0.3 is 19.9 Å². The van der Waals surface area contributed by atoms with Crippen LogP contribution in [0.2, 0.25) is 0 Å². The van der Waals surface area contributed by atoms with Crippen molar-refractivity contribution in [1.82, 2.24) is 15.2 Å². The van der Waals surface area contributed by atoms with Crippen molar-refractivity contribution in [3.05, 3.63) is 56.9 Å². The van der Waals surface area contributed by atoms with Gasteiger partial charge in [0.2, 0.25) is 5.91 Å². The maximum absolute atomic E-state index is 13.0. The molecule has 2 N–H and O–H groups in total. The van der Waals surface area contributed by atoms with Crippen LogP contribution in [0.3, 0.4) is 0 Å². The number of rotatable bonds is 4. The Bertz CT molecular complexity index is 1110. The summed E-state index contributed by atoms with van der Waals surface area (Å²) in [6.07, 6.45) is 0.730. The average molecular weight is 411 g/mol. The van der Waals surface area contributed by atoms with E-state index >= 15 is 0 Å². The number of nitrogens with one attached hydrogen (secondary N) is 2. The first-order chi connectivity index (χ1) is 14.0. The molecule has 7 nitrogen and oxygen atoms in total. The van der Waals surface area contributed by atoms with Crippen molar-refractivity contribution in [1.29, 1.82) is 0 Å². The van der Waals surface area contributed by atoms with Gasteiger partial charge in [-0.25, -0.2) is 4.79 Å². The van der Waals surface area contributed by atoms with Crippen LogP contribution in [0.4, 0.5) is 0 Å². The van der Waals surface area contributed by atoms with Crippen LogP contribution in [0.15, 0.2) is 30.3 Å². The fourth-order valence-corrected chi connectivity index (χ4v) is 4.50. The second-order valence-electron chi connectivity index (χ2n) is 6.99. The number of hydrogen-bond donors (Lipinski definition) is 2. The topological polar surface area (TPSA) is 91.5 Å². The summed E-state index contributed by atoms with van der Waals surface area (Å²) in [5.74, 6) is -0.496. The van der Waals surface area contributed by atoms with Gasteiger partial charge in [-0.1, -0.05) is 0 Å². The minimum absolute atomic E-state index is 0.0202. The Labute approximate surface area is 171 Å². The zero-order valence-corrected chi connectivity index (χ0v) is 17.0. The van der Waals surface area contributed by atoms with Gasteiger partial charge in [-0.15, -0.1) is 11.3 Å². The summed E-state index contributed by atoms with van der Waals surface area (Å²) in [7, 11) is 1.36. The first kappa shape index (κ1) is 19.2. The smallest absolute Gasteiger partial charge is 0.337 e. The van der Waals surface area contributed by atoms with E-state index in [9.17, 15) is 14.4 Å². The van der Waals surface area contributed by atoms with E-state index in [2.05, 4.69) is 10.3 Å². The van der Waals surface area contributed by atoms with Crippen LogP contribution in [0.1, 0.15) is 43.1 Å². The lowest BCUT2D eigenvalue weighted by Gasteiger charge is -2.27. The van der Waals surface area contributed by atoms with Gasteiger partial charge in [0.25, 0.3) is 5.91 Å². The number of aromatic nitrogens is 1. The number of carbonyl (C=O) groups is 3. The molecule has 0 radical (unpaired) electrons. The Morgan fingerprint density at radius 3 is 2.83 bits per heavy atom. The highest BCUT2D eigenvalue weighted by molar-refractivity contribution is 7.14. The molecule has 3 aromatic rings. The third-order valence-electron chi connectivity index (χ3n) is 5.07. The SMILES string of the molecule is COC(=O)c1ccc2[nH]c3c(c2c1)CN(C(=O)c1ccc(CNC(C)=O)s1)CC3. The number of nitrogens with zero attached hydrogens (tertiary/aromatic N) is 1. The number of aromatic amines is 1. The molecule has 1 aromatic carbocycles. The fraction of sp³-hybridized carbons (Fsp3) is 0.286. The Morgan fingerprint density at radius 1 is 1.24 bits per heavy atom. The number of H-pyrrole nitrogens is 1. The number of esters is 1. The van der Waals surface area contributed by atoms with Crippen LogP contribution in [0, 0.1) is 0 Å². The summed E-state index contributed by atoms with van der Waals surface area (Å²) in [5, 5.41) is 3.69. The maximum atomic E-state index is 13.0. The van der Waals surface area contributed by atoms with Crippen molar-refractivity contribution in [2.24, 2.45) is 0 Å². The Balaban J connectivity index is 1.56. The van der Waals surface area contributed by atoms with Gasteiger partial charge in [0.1, 0.15) is 0 Å². The van der Waals surface area contributed by atoms with Gasteiger partial charge in [-0.05, 0) is 30.3 Å². The zero-order valence-electron chi connectivity index (χ0n) is 16.2. The molecule has 8 heteroatoms. The maximum Gasteiger partial charge on any atom is 0.337 e. The molecule has 150 valence electrons. The second kappa shape index (κ2) is 7.71. The highest BCUT2D eigenvalue weighted by Crippen LogP contribution is 2.30. The second-order valence-corrected chi connectivity index (χ2v) is 8.15. The van der Waals surface area contributed by atoms with Crippen LogP contribution in [0.5, 0.6) is 0 Å². The van der Waals surface area contributed by atoms with Gasteiger partial charge in [0.15, 0.2) is 0 Å². The van der Waals surface area contributed by atoms with E-state index in [-0.39, 0.29) is 17.8 Å². The first-order valence-corrected chi connectivity index (χ1v) is 10.1. The van der Waals surface area contributed by atoms with E-state index in [1.165, 1.54) is 25.4 Å². The molecule has 2 aromatic heterocycles. The standard InChI is InChI=1S/C21H21N3O4S/c1-12(25)22-10-14-4-6-19(29-14)20(26)24-8-7-18-16(11-24)15-9-13(21(27)28-2)3-5-17(15)23-18/h3-6,9,23H,7-8,10-11H2,1-2H3,(H,22,25). The molecule has 0 fully saturated rings. The third kappa shape index (κ3) is 3.75. The molecule has 0 aliphatic carbocycles. The van der Waals surface area contributed by atoms with Gasteiger partial charge in [-0.3, -0.25) is 9.59 Å². The molecule has 1 aliphatic rings. The van der Waals surface area contributed by atoms with E-state index < -0.39 is 0 Å². The lowest BCUT2D eigenvalue weighted by molar-refractivity contribution is -0.119. The summed E-state index contributed by atoms with van der Waals surface area (Å²) in [5.41, 5.74) is 3.58. The van der Waals surface area contributed by atoms with Gasteiger partial charge >= 0.3 is 5.97 Å². The minimum atomic E-state index is -0.379. The number of thiophene rings is 1. The molecule has 3 heterocycles. The van der Waals surface area contributed by atoms with Crippen molar-refractivity contribution in [2.75, 3.05) is 13.7 Å². The lowest BCUT2D eigenvalue weighted by Crippen LogP contribution is -2.35. The number of benzene rings is 1. The zero-order chi connectivity index (χ0) is 20.5. The van der Waals surface area contributed by atoms with Crippen LogP contribution in [-0.2, 0) is 29.0 Å². The Hall–Kier alpha value is -3.13. The van der Waals surface area contributed by atoms with Crippen molar-refractivity contribution < 1.29 is 19.1 Å². The molecular weight excluding hydrogens is 390 g/mol. The Morgan fingerprint density at radius 2 is 2.07 bits per heavy atom. The predicted molar refractivity (Wildman–Crippen MR) is 110 cm³/mol. The normalized spacial score (nSPS) is 13.2. The summed E-state index contributed by atoms with van der Waals surface area (Å²) >= 11 is 1.40. The molecule has 0 atom stereocenters. The van der Waals surface area contributed by atoms with Gasteiger partial charge in [0, 0.05) is 53.5 Å². The number of carbonyl (C=O) groups excluding carboxylic acids is 3. The first-order valence-electron chi connectivity index (χ1n) is 9.30. The van der Waals surface area contributed by atoms with E-state index in [0.29, 0.717) is 30.1 Å². The Kier molecular flexibility index (Phi) is 5.10. The van der Waals surface area contributed by atoms with Crippen LogP contribution >= 0.6 is 11.3 Å². The summed E-state index contributed by atoms with van der Waals surface area (Å²) < 4.78 is 4.82. The van der Waals surface area contributed by atoms with Crippen molar-refractivity contribution >= 4 is 40.0 Å². The number of fused-ring (bicyclic) bond motifs is 3. The third-order valence-corrected chi connectivity index (χ3v) is 6.14. The molecule has 0 bridgehead atoms. The largest absolute Gasteiger partial charge is 0.465 e. The van der Waals surface area contributed by atoms with E-state index in [4.69, 9.17) is 4.74 Å². The van der Waals surface area contributed by atoms with Gasteiger partial charge in [-0.2, -0.15) is 0 Å². The minimum Gasteiger partial charge on any atom is -0.465 e. The van der Waals surface area contributed by atoms with Gasteiger partial charge in [0.05, 0.1) is 24.1 Å². The van der Waals surface area contributed by atoms with Crippen LogP contribution in [-0.4, -0.2) is 41.3 Å². The molecule has 0 spiro atoms. The van der Waals surface area contributed by atoms with E-state index in [0.717, 1.165) is 33.5 Å². The molecule has 2 amide bonds. The molecule has 1 aliphatic heterocycles. The molecule has 0 saturated carbocycles. The number of amides is 2. The summed E-state index contributed by atoms with van der Waals surface area (Å²) in [6, 6.07) is 9.11. The summed E-state index contributed by atoms with van der Waals surface area (Å²) in [6.45, 7) is 3.01. The fourth-order valence-electron chi connectivity index (χ4n) is 3.59. The van der Waals surface area contributed by atoms with Crippen molar-refractivity contribution in [3.63, 3.8) is 0 Å². The number of methoxy groups -OCH3 is 1. The van der Waals surface area contributed by atoms with Crippen LogP contribution in [0.25, 0.3) is 10.9 Å². The predicted octanol–water partition coefficient (Wildman–Crippen LogP) is 2.85.